The number of carbonyl (C=O) groups is 1. The first kappa shape index (κ1) is 21.4. The molecule has 0 aliphatic heterocycles. The van der Waals surface area contributed by atoms with Crippen molar-refractivity contribution in [2.75, 3.05) is 13.7 Å². The number of benzene rings is 4. The lowest BCUT2D eigenvalue weighted by molar-refractivity contribution is -0.142. The third-order valence-electron chi connectivity index (χ3n) is 5.46. The van der Waals surface area contributed by atoms with Gasteiger partial charge in [-0.3, -0.25) is 0 Å². The summed E-state index contributed by atoms with van der Waals surface area (Å²) in [6.45, 7) is -0.0775. The average molecular weight is 423 g/mol. The molecule has 3 heteroatoms. The van der Waals surface area contributed by atoms with Gasteiger partial charge in [-0.25, -0.2) is 4.79 Å². The smallest absolute Gasteiger partial charge is 0.343 e. The summed E-state index contributed by atoms with van der Waals surface area (Å²) >= 11 is 0. The largest absolute Gasteiger partial charge is 0.482 e. The molecule has 0 amide bonds. The van der Waals surface area contributed by atoms with Gasteiger partial charge >= 0.3 is 5.97 Å². The standard InChI is InChI=1S/C29H26O3/c1-31-29(30)21-32-26-11-7-8-23(20-26)15-14-22-16-18-25(19-17-22)28-13-6-5-12-27(28)24-9-3-2-4-10-24/h2-13,16-20H,14-15,21H2,1H3. The van der Waals surface area contributed by atoms with Crippen LogP contribution in [0.15, 0.2) is 103 Å². The van der Waals surface area contributed by atoms with Crippen molar-refractivity contribution in [1.29, 1.82) is 0 Å². The van der Waals surface area contributed by atoms with Gasteiger partial charge in [0.05, 0.1) is 7.11 Å². The monoisotopic (exact) mass is 422 g/mol. The predicted octanol–water partition coefficient (Wildman–Crippen LogP) is 6.36. The summed E-state index contributed by atoms with van der Waals surface area (Å²) in [5, 5.41) is 0. The van der Waals surface area contributed by atoms with Crippen LogP contribution < -0.4 is 4.74 Å². The minimum Gasteiger partial charge on any atom is -0.482 e. The van der Waals surface area contributed by atoms with Crippen LogP contribution in [0.5, 0.6) is 5.75 Å². The van der Waals surface area contributed by atoms with E-state index >= 15 is 0 Å². The highest BCUT2D eigenvalue weighted by atomic mass is 16.6. The van der Waals surface area contributed by atoms with Gasteiger partial charge in [0.2, 0.25) is 0 Å². The summed E-state index contributed by atoms with van der Waals surface area (Å²) < 4.78 is 10.1. The maximum atomic E-state index is 11.3. The van der Waals surface area contributed by atoms with E-state index in [2.05, 4.69) is 83.6 Å². The Hall–Kier alpha value is -3.85. The van der Waals surface area contributed by atoms with E-state index in [4.69, 9.17) is 4.74 Å². The lowest BCUT2D eigenvalue weighted by Gasteiger charge is -2.11. The van der Waals surface area contributed by atoms with Crippen molar-refractivity contribution < 1.29 is 14.3 Å². The number of esters is 1. The van der Waals surface area contributed by atoms with E-state index in [0.29, 0.717) is 5.75 Å². The van der Waals surface area contributed by atoms with E-state index in [1.807, 2.05) is 24.3 Å². The van der Waals surface area contributed by atoms with Crippen molar-refractivity contribution in [3.05, 3.63) is 114 Å². The molecule has 0 aliphatic rings. The van der Waals surface area contributed by atoms with Gasteiger partial charge in [0, 0.05) is 0 Å². The highest BCUT2D eigenvalue weighted by Gasteiger charge is 2.07. The van der Waals surface area contributed by atoms with E-state index in [1.165, 1.54) is 40.5 Å². The zero-order valence-corrected chi connectivity index (χ0v) is 18.2. The van der Waals surface area contributed by atoms with Gasteiger partial charge in [0.15, 0.2) is 6.61 Å². The van der Waals surface area contributed by atoms with E-state index < -0.39 is 0 Å². The zero-order chi connectivity index (χ0) is 22.2. The van der Waals surface area contributed by atoms with Crippen molar-refractivity contribution in [1.82, 2.24) is 0 Å². The van der Waals surface area contributed by atoms with E-state index in [1.54, 1.807) is 0 Å². The Balaban J connectivity index is 1.43. The van der Waals surface area contributed by atoms with Gasteiger partial charge in [0.1, 0.15) is 5.75 Å². The first-order chi connectivity index (χ1) is 15.7. The van der Waals surface area contributed by atoms with Crippen LogP contribution in [0.2, 0.25) is 0 Å². The van der Waals surface area contributed by atoms with Crippen molar-refractivity contribution >= 4 is 5.97 Å². The summed E-state index contributed by atoms with van der Waals surface area (Å²) in [6, 6.07) is 35.7. The molecule has 3 nitrogen and oxygen atoms in total. The van der Waals surface area contributed by atoms with Gasteiger partial charge in [-0.05, 0) is 58.4 Å². The molecule has 0 spiro atoms. The summed E-state index contributed by atoms with van der Waals surface area (Å²) in [6.07, 6.45) is 1.83. The van der Waals surface area contributed by atoms with Gasteiger partial charge in [0.25, 0.3) is 0 Å². The second-order valence-electron chi connectivity index (χ2n) is 7.62. The number of ether oxygens (including phenoxy) is 2. The fourth-order valence-electron chi connectivity index (χ4n) is 3.74. The second-order valence-corrected chi connectivity index (χ2v) is 7.62. The molecular formula is C29H26O3. The average Bonchev–Trinajstić information content (AvgIpc) is 2.87. The number of methoxy groups -OCH3 is 1. The molecule has 4 aromatic rings. The molecule has 32 heavy (non-hydrogen) atoms. The molecule has 0 N–H and O–H groups in total. The SMILES string of the molecule is COC(=O)COc1cccc(CCc2ccc(-c3ccccc3-c3ccccc3)cc2)c1. The van der Waals surface area contributed by atoms with Crippen LogP contribution >= 0.6 is 0 Å². The molecule has 0 saturated heterocycles. The number of aryl methyl sites for hydroxylation is 2. The molecule has 0 bridgehead atoms. The molecule has 0 atom stereocenters. The maximum absolute atomic E-state index is 11.3. The number of hydrogen-bond donors (Lipinski definition) is 0. The minimum atomic E-state index is -0.385. The number of hydrogen-bond acceptors (Lipinski definition) is 3. The highest BCUT2D eigenvalue weighted by Crippen LogP contribution is 2.32. The predicted molar refractivity (Wildman–Crippen MR) is 129 cm³/mol. The molecule has 0 aliphatic carbocycles. The van der Waals surface area contributed by atoms with Crippen LogP contribution in [0.3, 0.4) is 0 Å². The Labute approximate surface area is 189 Å². The molecular weight excluding hydrogens is 396 g/mol. The van der Waals surface area contributed by atoms with Crippen LogP contribution in [0.1, 0.15) is 11.1 Å². The Bertz CT molecular complexity index is 1160. The molecule has 0 fully saturated rings. The lowest BCUT2D eigenvalue weighted by atomic mass is 9.93. The summed E-state index contributed by atoms with van der Waals surface area (Å²) in [5.74, 6) is 0.296. The fraction of sp³-hybridized carbons (Fsp3) is 0.138. The molecule has 0 radical (unpaired) electrons. The summed E-state index contributed by atoms with van der Waals surface area (Å²) in [4.78, 5) is 11.3. The summed E-state index contributed by atoms with van der Waals surface area (Å²) in [5.41, 5.74) is 7.37. The van der Waals surface area contributed by atoms with E-state index in [-0.39, 0.29) is 12.6 Å². The highest BCUT2D eigenvalue weighted by molar-refractivity contribution is 5.83. The third kappa shape index (κ3) is 5.44. The van der Waals surface area contributed by atoms with Crippen molar-refractivity contribution in [3.63, 3.8) is 0 Å². The first-order valence-electron chi connectivity index (χ1n) is 10.8. The number of carbonyl (C=O) groups excluding carboxylic acids is 1. The lowest BCUT2D eigenvalue weighted by Crippen LogP contribution is -2.12. The van der Waals surface area contributed by atoms with Crippen molar-refractivity contribution in [2.45, 2.75) is 12.8 Å². The van der Waals surface area contributed by atoms with Gasteiger partial charge < -0.3 is 9.47 Å². The third-order valence-corrected chi connectivity index (χ3v) is 5.46. The van der Waals surface area contributed by atoms with Crippen molar-refractivity contribution in [3.8, 4) is 28.0 Å². The Morgan fingerprint density at radius 3 is 1.97 bits per heavy atom. The van der Waals surface area contributed by atoms with Gasteiger partial charge in [-0.1, -0.05) is 91.0 Å². The molecule has 160 valence electrons. The van der Waals surface area contributed by atoms with Crippen LogP contribution in [-0.2, 0) is 22.4 Å². The minimum absolute atomic E-state index is 0.0775. The van der Waals surface area contributed by atoms with Crippen LogP contribution in [0.4, 0.5) is 0 Å². The van der Waals surface area contributed by atoms with Crippen LogP contribution in [0, 0.1) is 0 Å². The van der Waals surface area contributed by atoms with Crippen LogP contribution in [0.25, 0.3) is 22.3 Å². The Morgan fingerprint density at radius 1 is 0.656 bits per heavy atom. The van der Waals surface area contributed by atoms with Crippen molar-refractivity contribution in [2.24, 2.45) is 0 Å². The first-order valence-corrected chi connectivity index (χ1v) is 10.8. The number of rotatable bonds is 8. The zero-order valence-electron chi connectivity index (χ0n) is 18.2. The normalized spacial score (nSPS) is 10.5. The molecule has 0 saturated carbocycles. The molecule has 0 aromatic heterocycles. The van der Waals surface area contributed by atoms with E-state index in [9.17, 15) is 4.79 Å². The fourth-order valence-corrected chi connectivity index (χ4v) is 3.74. The molecule has 0 unspecified atom stereocenters. The van der Waals surface area contributed by atoms with Crippen LogP contribution in [-0.4, -0.2) is 19.7 Å². The maximum Gasteiger partial charge on any atom is 0.343 e. The molecule has 0 heterocycles. The topological polar surface area (TPSA) is 35.5 Å². The Morgan fingerprint density at radius 2 is 1.28 bits per heavy atom. The molecule has 4 aromatic carbocycles. The molecule has 4 rings (SSSR count). The summed E-state index contributed by atoms with van der Waals surface area (Å²) in [7, 11) is 1.35. The Kier molecular flexibility index (Phi) is 6.98. The van der Waals surface area contributed by atoms with Gasteiger partial charge in [-0.15, -0.1) is 0 Å². The van der Waals surface area contributed by atoms with Gasteiger partial charge in [-0.2, -0.15) is 0 Å². The quantitative estimate of drug-likeness (QED) is 0.310. The van der Waals surface area contributed by atoms with E-state index in [0.717, 1.165) is 12.8 Å². The second kappa shape index (κ2) is 10.5.